The minimum atomic E-state index is -0.351. The van der Waals surface area contributed by atoms with Crippen LogP contribution in [0.3, 0.4) is 0 Å². The number of methoxy groups -OCH3 is 1. The summed E-state index contributed by atoms with van der Waals surface area (Å²) in [6.07, 6.45) is 2.42. The van der Waals surface area contributed by atoms with E-state index >= 15 is 0 Å². The molecule has 0 spiro atoms. The average Bonchev–Trinajstić information content (AvgIpc) is 2.99. The molecule has 0 saturated carbocycles. The van der Waals surface area contributed by atoms with E-state index in [1.54, 1.807) is 32.1 Å². The van der Waals surface area contributed by atoms with Crippen LogP contribution in [0.4, 0.5) is 5.82 Å². The van der Waals surface area contributed by atoms with Crippen LogP contribution in [-0.2, 0) is 21.3 Å². The minimum absolute atomic E-state index is 0.0170. The average molecular weight is 477 g/mol. The van der Waals surface area contributed by atoms with Crippen LogP contribution in [0.2, 0.25) is 0 Å². The number of thioether (sulfide) groups is 1. The molecule has 1 aromatic heterocycles. The van der Waals surface area contributed by atoms with Crippen molar-refractivity contribution in [3.8, 4) is 6.07 Å². The van der Waals surface area contributed by atoms with Crippen molar-refractivity contribution in [1.82, 2.24) is 9.47 Å². The third-order valence-corrected chi connectivity index (χ3v) is 6.94. The number of morpholine rings is 1. The molecule has 10 heteroatoms. The van der Waals surface area contributed by atoms with E-state index in [1.165, 1.54) is 16.3 Å². The first-order valence-electron chi connectivity index (χ1n) is 10.5. The number of anilines is 1. The van der Waals surface area contributed by atoms with Gasteiger partial charge in [0.1, 0.15) is 21.8 Å². The number of nitriles is 1. The molecule has 2 fully saturated rings. The molecule has 0 bridgehead atoms. The number of hydrogen-bond donors (Lipinski definition) is 0. The third kappa shape index (κ3) is 4.76. The Bertz CT molecular complexity index is 1050. The maximum absolute atomic E-state index is 13.1. The van der Waals surface area contributed by atoms with Crippen LogP contribution in [0.25, 0.3) is 6.08 Å². The number of carbonyl (C=O) groups excluding carboxylic acids is 1. The predicted molar refractivity (Wildman–Crippen MR) is 130 cm³/mol. The highest BCUT2D eigenvalue weighted by molar-refractivity contribution is 8.26. The summed E-state index contributed by atoms with van der Waals surface area (Å²) in [5, 5.41) is 9.62. The zero-order valence-corrected chi connectivity index (χ0v) is 20.6. The van der Waals surface area contributed by atoms with E-state index in [1.807, 2.05) is 19.9 Å². The number of nitrogens with zero attached hydrogens (tertiary/aromatic N) is 4. The van der Waals surface area contributed by atoms with Gasteiger partial charge in [0, 0.05) is 46.0 Å². The van der Waals surface area contributed by atoms with Gasteiger partial charge in [0.05, 0.1) is 17.1 Å². The second kappa shape index (κ2) is 10.2. The lowest BCUT2D eigenvalue weighted by atomic mass is 10.0. The van der Waals surface area contributed by atoms with Crippen molar-refractivity contribution in [2.75, 3.05) is 38.3 Å². The van der Waals surface area contributed by atoms with Crippen LogP contribution in [-0.4, -0.2) is 65.3 Å². The molecule has 0 radical (unpaired) electrons. The van der Waals surface area contributed by atoms with Gasteiger partial charge < -0.3 is 14.4 Å². The number of ether oxygens (including phenoxy) is 2. The fourth-order valence-corrected chi connectivity index (χ4v) is 5.43. The van der Waals surface area contributed by atoms with Crippen molar-refractivity contribution in [2.24, 2.45) is 7.05 Å². The van der Waals surface area contributed by atoms with E-state index in [-0.39, 0.29) is 29.2 Å². The molecule has 2 aliphatic rings. The SMILES string of the molecule is COCCCN1C(=O)C(=Cc2c(C)c(C#N)c(=O)n(C)c2N2CC(C)OC(C)C2)SC1=S. The van der Waals surface area contributed by atoms with Crippen molar-refractivity contribution >= 4 is 46.1 Å². The fraction of sp³-hybridized carbons (Fsp3) is 0.545. The maximum atomic E-state index is 13.1. The first-order chi connectivity index (χ1) is 15.2. The van der Waals surface area contributed by atoms with E-state index in [9.17, 15) is 14.9 Å². The van der Waals surface area contributed by atoms with Crippen LogP contribution in [0, 0.1) is 18.3 Å². The zero-order valence-electron chi connectivity index (χ0n) is 19.0. The van der Waals surface area contributed by atoms with Crippen LogP contribution in [0.1, 0.15) is 37.0 Å². The van der Waals surface area contributed by atoms with Crippen molar-refractivity contribution in [2.45, 2.75) is 39.4 Å². The van der Waals surface area contributed by atoms with Gasteiger partial charge in [0.2, 0.25) is 0 Å². The normalized spacial score (nSPS) is 22.7. The monoisotopic (exact) mass is 476 g/mol. The summed E-state index contributed by atoms with van der Waals surface area (Å²) < 4.78 is 12.9. The van der Waals surface area contributed by atoms with Gasteiger partial charge in [-0.25, -0.2) is 0 Å². The predicted octanol–water partition coefficient (Wildman–Crippen LogP) is 2.42. The van der Waals surface area contributed by atoms with Gasteiger partial charge in [-0.2, -0.15) is 5.26 Å². The molecule has 3 rings (SSSR count). The summed E-state index contributed by atoms with van der Waals surface area (Å²) in [5.41, 5.74) is 0.966. The summed E-state index contributed by atoms with van der Waals surface area (Å²) >= 11 is 6.67. The number of amides is 1. The van der Waals surface area contributed by atoms with Gasteiger partial charge >= 0.3 is 0 Å². The smallest absolute Gasteiger partial charge is 0.270 e. The second-order valence-corrected chi connectivity index (χ2v) is 9.73. The standard InChI is InChI=1S/C22H28N4O4S2/c1-13-11-25(12-14(2)30-13)19-16(15(3)17(10-23)20(27)24(19)4)9-18-21(28)26(22(31)32-18)7-6-8-29-5/h9,13-14H,6-8,11-12H2,1-5H3. The van der Waals surface area contributed by atoms with Crippen molar-refractivity contribution in [3.63, 3.8) is 0 Å². The molecular weight excluding hydrogens is 448 g/mol. The Morgan fingerprint density at radius 2 is 1.97 bits per heavy atom. The van der Waals surface area contributed by atoms with Gasteiger partial charge in [-0.1, -0.05) is 24.0 Å². The highest BCUT2D eigenvalue weighted by Crippen LogP contribution is 2.36. The van der Waals surface area contributed by atoms with Gasteiger partial charge in [-0.3, -0.25) is 19.1 Å². The van der Waals surface area contributed by atoms with Gasteiger partial charge in [-0.15, -0.1) is 0 Å². The highest BCUT2D eigenvalue weighted by Gasteiger charge is 2.33. The molecule has 8 nitrogen and oxygen atoms in total. The summed E-state index contributed by atoms with van der Waals surface area (Å²) in [5.74, 6) is 0.510. The summed E-state index contributed by atoms with van der Waals surface area (Å²) in [6, 6.07) is 2.03. The Kier molecular flexibility index (Phi) is 7.77. The van der Waals surface area contributed by atoms with Crippen molar-refractivity contribution in [3.05, 3.63) is 31.9 Å². The number of thiocarbonyl (C=S) groups is 1. The maximum Gasteiger partial charge on any atom is 0.270 e. The number of pyridine rings is 1. The molecule has 2 unspecified atom stereocenters. The molecule has 2 atom stereocenters. The van der Waals surface area contributed by atoms with Gasteiger partial charge in [-0.05, 0) is 38.8 Å². The first-order valence-corrected chi connectivity index (χ1v) is 11.7. The molecule has 32 heavy (non-hydrogen) atoms. The van der Waals surface area contributed by atoms with E-state index in [4.69, 9.17) is 21.7 Å². The Balaban J connectivity index is 2.10. The Morgan fingerprint density at radius 3 is 2.56 bits per heavy atom. The molecule has 1 aromatic rings. The molecule has 2 aliphatic heterocycles. The van der Waals surface area contributed by atoms with Crippen LogP contribution in [0.5, 0.6) is 0 Å². The van der Waals surface area contributed by atoms with E-state index in [2.05, 4.69) is 4.90 Å². The summed E-state index contributed by atoms with van der Waals surface area (Å²) in [6.45, 7) is 7.95. The number of aromatic nitrogens is 1. The Morgan fingerprint density at radius 1 is 1.31 bits per heavy atom. The summed E-state index contributed by atoms with van der Waals surface area (Å²) in [7, 11) is 3.28. The lowest BCUT2D eigenvalue weighted by Crippen LogP contribution is -2.47. The van der Waals surface area contributed by atoms with E-state index in [0.717, 1.165) is 0 Å². The molecule has 2 saturated heterocycles. The van der Waals surface area contributed by atoms with Gasteiger partial charge in [0.25, 0.3) is 11.5 Å². The van der Waals surface area contributed by atoms with Crippen LogP contribution >= 0.6 is 24.0 Å². The lowest BCUT2D eigenvalue weighted by Gasteiger charge is -2.38. The number of rotatable bonds is 6. The molecule has 0 aliphatic carbocycles. The number of hydrogen-bond acceptors (Lipinski definition) is 8. The molecular formula is C22H28N4O4S2. The first kappa shape index (κ1) is 24.5. The summed E-state index contributed by atoms with van der Waals surface area (Å²) in [4.78, 5) is 30.1. The molecule has 0 aromatic carbocycles. The molecule has 1 amide bonds. The lowest BCUT2D eigenvalue weighted by molar-refractivity contribution is -0.122. The largest absolute Gasteiger partial charge is 0.385 e. The van der Waals surface area contributed by atoms with E-state index < -0.39 is 0 Å². The van der Waals surface area contributed by atoms with Crippen molar-refractivity contribution < 1.29 is 14.3 Å². The quantitative estimate of drug-likeness (QED) is 0.351. The molecule has 172 valence electrons. The Labute approximate surface area is 197 Å². The third-order valence-electron chi connectivity index (χ3n) is 5.57. The second-order valence-electron chi connectivity index (χ2n) is 8.06. The molecule has 0 N–H and O–H groups in total. The number of carbonyl (C=O) groups is 1. The van der Waals surface area contributed by atoms with Crippen LogP contribution in [0.15, 0.2) is 9.70 Å². The van der Waals surface area contributed by atoms with Crippen molar-refractivity contribution in [1.29, 1.82) is 5.26 Å². The van der Waals surface area contributed by atoms with Crippen LogP contribution < -0.4 is 10.5 Å². The fourth-order valence-electron chi connectivity index (χ4n) is 4.14. The zero-order chi connectivity index (χ0) is 23.6. The highest BCUT2D eigenvalue weighted by atomic mass is 32.2. The Hall–Kier alpha value is -2.19. The minimum Gasteiger partial charge on any atom is -0.385 e. The van der Waals surface area contributed by atoms with Gasteiger partial charge in [0.15, 0.2) is 0 Å². The topological polar surface area (TPSA) is 87.8 Å². The van der Waals surface area contributed by atoms with E-state index in [0.29, 0.717) is 58.8 Å². The molecule has 3 heterocycles.